The first-order chi connectivity index (χ1) is 17.8. The highest BCUT2D eigenvalue weighted by atomic mass is 35.5. The van der Waals surface area contributed by atoms with Crippen LogP contribution in [-0.4, -0.2) is 25.1 Å². The second-order valence-electron chi connectivity index (χ2n) is 7.56. The van der Waals surface area contributed by atoms with E-state index in [9.17, 15) is 35.1 Å². The number of aromatic nitrogens is 5. The molecule has 0 amide bonds. The normalized spacial score (nSPS) is 12.3. The molecule has 16 heteroatoms. The molecule has 0 aliphatic carbocycles. The summed E-state index contributed by atoms with van der Waals surface area (Å²) in [5, 5.41) is 12.9. The molecule has 0 bridgehead atoms. The Morgan fingerprint density at radius 3 is 2.24 bits per heavy atom. The van der Waals surface area contributed by atoms with Crippen LogP contribution in [0.3, 0.4) is 0 Å². The highest BCUT2D eigenvalue weighted by Crippen LogP contribution is 2.46. The van der Waals surface area contributed by atoms with Crippen LogP contribution in [0, 0.1) is 11.6 Å². The summed E-state index contributed by atoms with van der Waals surface area (Å²) < 4.78 is 120. The van der Waals surface area contributed by atoms with E-state index < -0.39 is 69.6 Å². The molecule has 5 aromatic rings. The molecule has 0 aliphatic heterocycles. The average molecular weight is 562 g/mol. The highest BCUT2D eigenvalue weighted by Gasteiger charge is 2.42. The molecule has 0 saturated carbocycles. The minimum atomic E-state index is -5.14. The van der Waals surface area contributed by atoms with Gasteiger partial charge in [-0.05, 0) is 30.3 Å². The fourth-order valence-electron chi connectivity index (χ4n) is 3.51. The fourth-order valence-corrected chi connectivity index (χ4v) is 3.76. The molecule has 0 saturated heterocycles. The number of nitrogens with zero attached hydrogens (tertiary/aromatic N) is 5. The molecule has 196 valence electrons. The highest BCUT2D eigenvalue weighted by molar-refractivity contribution is 6.33. The van der Waals surface area contributed by atoms with Crippen molar-refractivity contribution in [2.75, 3.05) is 0 Å². The first kappa shape index (κ1) is 25.4. The van der Waals surface area contributed by atoms with Gasteiger partial charge < -0.3 is 8.94 Å². The largest absolute Gasteiger partial charge is 0.470 e. The van der Waals surface area contributed by atoms with Crippen LogP contribution < -0.4 is 0 Å². The maximum absolute atomic E-state index is 14.7. The van der Waals surface area contributed by atoms with Crippen LogP contribution in [0.4, 0.5) is 35.1 Å². The molecule has 0 unspecified atom stereocenters. The molecule has 0 fully saturated rings. The Bertz CT molecular complexity index is 1630. The average Bonchev–Trinajstić information content (AvgIpc) is 3.56. The Kier molecular flexibility index (Phi) is 5.97. The lowest BCUT2D eigenvalue weighted by molar-refractivity contribution is -0.157. The lowest BCUT2D eigenvalue weighted by atomic mass is 10.0. The van der Waals surface area contributed by atoms with Crippen molar-refractivity contribution in [1.82, 2.24) is 25.1 Å². The number of hydrogen-bond acceptors (Lipinski definition) is 6. The quantitative estimate of drug-likeness (QED) is 0.216. The molecular weight excluding hydrogens is 554 g/mol. The van der Waals surface area contributed by atoms with Gasteiger partial charge in [0.25, 0.3) is 5.89 Å². The summed E-state index contributed by atoms with van der Waals surface area (Å²) in [6, 6.07) is 7.74. The molecular formula is C22H8ClF8N5O2. The molecule has 3 aromatic heterocycles. The van der Waals surface area contributed by atoms with E-state index in [1.165, 1.54) is 24.3 Å². The number of benzene rings is 2. The first-order valence-corrected chi connectivity index (χ1v) is 10.5. The molecule has 7 nitrogen and oxygen atoms in total. The first-order valence-electron chi connectivity index (χ1n) is 10.1. The van der Waals surface area contributed by atoms with Crippen molar-refractivity contribution in [2.45, 2.75) is 12.4 Å². The Balaban J connectivity index is 1.81. The Hall–Kier alpha value is -4.27. The van der Waals surface area contributed by atoms with Gasteiger partial charge in [-0.25, -0.2) is 13.5 Å². The van der Waals surface area contributed by atoms with Gasteiger partial charge >= 0.3 is 18.2 Å². The van der Waals surface area contributed by atoms with Crippen molar-refractivity contribution in [2.24, 2.45) is 0 Å². The zero-order valence-corrected chi connectivity index (χ0v) is 18.8. The van der Waals surface area contributed by atoms with Gasteiger partial charge in [-0.3, -0.25) is 0 Å². The topological polar surface area (TPSA) is 82.8 Å². The molecule has 0 N–H and O–H groups in total. The van der Waals surface area contributed by atoms with Crippen LogP contribution in [0.15, 0.2) is 57.6 Å². The summed E-state index contributed by atoms with van der Waals surface area (Å²) in [7, 11) is 0. The third-order valence-electron chi connectivity index (χ3n) is 5.07. The third kappa shape index (κ3) is 4.49. The summed E-state index contributed by atoms with van der Waals surface area (Å²) in [6.45, 7) is 0. The number of alkyl halides is 6. The van der Waals surface area contributed by atoms with Gasteiger partial charge in [0, 0.05) is 6.20 Å². The van der Waals surface area contributed by atoms with E-state index in [0.29, 0.717) is 4.68 Å². The van der Waals surface area contributed by atoms with E-state index in [4.69, 9.17) is 16.1 Å². The SMILES string of the molecule is Fc1cccc(-n2cc(-c3onc(-c4c(F)cccc4Cl)c3-c3nnc(C(F)(F)F)o3)c(C(F)(F)F)n2)c1. The summed E-state index contributed by atoms with van der Waals surface area (Å²) in [5.74, 6) is -5.48. The smallest absolute Gasteiger partial charge is 0.412 e. The minimum Gasteiger partial charge on any atom is -0.412 e. The van der Waals surface area contributed by atoms with Gasteiger partial charge in [-0.2, -0.15) is 31.4 Å². The summed E-state index contributed by atoms with van der Waals surface area (Å²) >= 11 is 6.06. The Morgan fingerprint density at radius 2 is 1.61 bits per heavy atom. The summed E-state index contributed by atoms with van der Waals surface area (Å²) in [6.07, 6.45) is -9.48. The predicted octanol–water partition coefficient (Wildman–Crippen LogP) is 7.21. The van der Waals surface area contributed by atoms with E-state index in [2.05, 4.69) is 24.9 Å². The molecule has 2 aromatic carbocycles. The second-order valence-corrected chi connectivity index (χ2v) is 7.96. The monoisotopic (exact) mass is 561 g/mol. The molecule has 5 rings (SSSR count). The minimum absolute atomic E-state index is 0.127. The van der Waals surface area contributed by atoms with Crippen LogP contribution in [0.25, 0.3) is 39.7 Å². The zero-order chi connectivity index (χ0) is 27.4. The molecule has 0 aliphatic rings. The van der Waals surface area contributed by atoms with Crippen molar-refractivity contribution < 1.29 is 44.1 Å². The van der Waals surface area contributed by atoms with E-state index in [1.54, 1.807) is 0 Å². The number of halogens is 9. The van der Waals surface area contributed by atoms with Crippen molar-refractivity contribution in [1.29, 1.82) is 0 Å². The van der Waals surface area contributed by atoms with Crippen LogP contribution >= 0.6 is 11.6 Å². The Labute approximate surface area is 210 Å². The number of rotatable bonds is 4. The Morgan fingerprint density at radius 1 is 0.868 bits per heavy atom. The third-order valence-corrected chi connectivity index (χ3v) is 5.39. The molecule has 3 heterocycles. The second kappa shape index (κ2) is 8.93. The maximum atomic E-state index is 14.7. The standard InChI is InChI=1S/C22H8ClF8N5O2/c23-12-5-2-6-13(25)14(12)16-15(19-32-33-20(37-19)22(29,30)31)17(38-35-16)11-8-36(34-18(11)21(26,27)28)10-4-1-3-9(24)7-10/h1-8H. The van der Waals surface area contributed by atoms with Crippen LogP contribution in [-0.2, 0) is 12.4 Å². The van der Waals surface area contributed by atoms with Crippen LogP contribution in [0.1, 0.15) is 11.6 Å². The molecule has 0 spiro atoms. The molecule has 0 atom stereocenters. The van der Waals surface area contributed by atoms with Crippen molar-refractivity contribution in [3.05, 3.63) is 76.9 Å². The lowest BCUT2D eigenvalue weighted by Gasteiger charge is -2.06. The van der Waals surface area contributed by atoms with E-state index >= 15 is 0 Å². The zero-order valence-electron chi connectivity index (χ0n) is 18.1. The van der Waals surface area contributed by atoms with Gasteiger partial charge in [0.1, 0.15) is 22.9 Å². The van der Waals surface area contributed by atoms with Crippen LogP contribution in [0.5, 0.6) is 0 Å². The van der Waals surface area contributed by atoms with E-state index in [1.807, 2.05) is 0 Å². The van der Waals surface area contributed by atoms with Crippen molar-refractivity contribution >= 4 is 11.6 Å². The van der Waals surface area contributed by atoms with E-state index in [-0.39, 0.29) is 10.7 Å². The van der Waals surface area contributed by atoms with Gasteiger partial charge in [-0.15, -0.1) is 10.2 Å². The van der Waals surface area contributed by atoms with Crippen molar-refractivity contribution in [3.8, 4) is 39.7 Å². The lowest BCUT2D eigenvalue weighted by Crippen LogP contribution is -2.08. The molecule has 0 radical (unpaired) electrons. The van der Waals surface area contributed by atoms with Gasteiger partial charge in [0.15, 0.2) is 11.5 Å². The van der Waals surface area contributed by atoms with Crippen LogP contribution in [0.2, 0.25) is 5.02 Å². The van der Waals surface area contributed by atoms with Gasteiger partial charge in [0.2, 0.25) is 0 Å². The maximum Gasteiger partial charge on any atom is 0.470 e. The van der Waals surface area contributed by atoms with E-state index in [0.717, 1.165) is 24.4 Å². The van der Waals surface area contributed by atoms with Gasteiger partial charge in [0.05, 0.1) is 21.8 Å². The fraction of sp³-hybridized carbons (Fsp3) is 0.0909. The predicted molar refractivity (Wildman–Crippen MR) is 113 cm³/mol. The molecule has 38 heavy (non-hydrogen) atoms. The summed E-state index contributed by atoms with van der Waals surface area (Å²) in [4.78, 5) is 0. The summed E-state index contributed by atoms with van der Waals surface area (Å²) in [5.41, 5.74) is -4.42. The van der Waals surface area contributed by atoms with Crippen molar-refractivity contribution in [3.63, 3.8) is 0 Å². The number of hydrogen-bond donors (Lipinski definition) is 0. The van der Waals surface area contributed by atoms with Gasteiger partial charge in [-0.1, -0.05) is 28.9 Å².